The topological polar surface area (TPSA) is 111 Å². The second-order valence-electron chi connectivity index (χ2n) is 8.36. The summed E-state index contributed by atoms with van der Waals surface area (Å²) in [4.78, 5) is 16.4. The molecular weight excluding hydrogens is 490 g/mol. The van der Waals surface area contributed by atoms with E-state index in [9.17, 15) is 13.2 Å². The van der Waals surface area contributed by atoms with E-state index in [2.05, 4.69) is 10.3 Å². The van der Waals surface area contributed by atoms with Gasteiger partial charge >= 0.3 is 6.09 Å². The minimum Gasteiger partial charge on any atom is -0.444 e. The number of nitrogens with one attached hydrogen (secondary N) is 1. The highest BCUT2D eigenvalue weighted by atomic mass is 32.2. The molecule has 0 atom stereocenters. The van der Waals surface area contributed by atoms with Gasteiger partial charge in [0, 0.05) is 11.3 Å². The molecule has 0 radical (unpaired) electrons. The number of ether oxygens (including phenoxy) is 1. The van der Waals surface area contributed by atoms with E-state index < -0.39 is 21.5 Å². The van der Waals surface area contributed by atoms with E-state index in [1.54, 1.807) is 45.9 Å². The summed E-state index contributed by atoms with van der Waals surface area (Å²) in [6.07, 6.45) is 2.37. The standard InChI is InChI=1S/C24H27N3O4S3/c1-15-16(17-9-6-7-11-18(17)25)10-8-12-19(15)34(29,30)20-13-21(33-22(20)32-5)26-14-27-23(28)31-24(2,3)4/h6-14H,25H2,1-5H3,(H,26,27,28). The van der Waals surface area contributed by atoms with Crippen LogP contribution in [0.3, 0.4) is 0 Å². The Morgan fingerprint density at radius 3 is 2.44 bits per heavy atom. The van der Waals surface area contributed by atoms with E-state index in [1.807, 2.05) is 30.5 Å². The zero-order valence-corrected chi connectivity index (χ0v) is 22.0. The Morgan fingerprint density at radius 2 is 1.79 bits per heavy atom. The normalized spacial score (nSPS) is 12.1. The zero-order chi connectivity index (χ0) is 25.1. The molecule has 0 aliphatic heterocycles. The Balaban J connectivity index is 1.95. The van der Waals surface area contributed by atoms with E-state index in [0.717, 1.165) is 11.1 Å². The minimum absolute atomic E-state index is 0.177. The predicted octanol–water partition coefficient (Wildman–Crippen LogP) is 6.04. The van der Waals surface area contributed by atoms with Crippen LogP contribution in [-0.2, 0) is 14.6 Å². The number of nitrogens with two attached hydrogens (primary N) is 1. The van der Waals surface area contributed by atoms with Gasteiger partial charge in [-0.15, -0.1) is 23.1 Å². The molecule has 0 bridgehead atoms. The van der Waals surface area contributed by atoms with E-state index in [1.165, 1.54) is 35.5 Å². The summed E-state index contributed by atoms with van der Waals surface area (Å²) in [6, 6.07) is 14.1. The van der Waals surface area contributed by atoms with Crippen molar-refractivity contribution >= 4 is 56.1 Å². The summed E-state index contributed by atoms with van der Waals surface area (Å²) in [5, 5.41) is 2.88. The molecule has 0 aliphatic rings. The number of rotatable bonds is 6. The van der Waals surface area contributed by atoms with Gasteiger partial charge in [0.1, 0.15) is 10.6 Å². The summed E-state index contributed by atoms with van der Waals surface area (Å²) < 4.78 is 33.1. The monoisotopic (exact) mass is 517 g/mol. The number of amides is 1. The van der Waals surface area contributed by atoms with Gasteiger partial charge in [-0.05, 0) is 63.3 Å². The maximum Gasteiger partial charge on any atom is 0.412 e. The molecule has 3 N–H and O–H groups in total. The molecule has 0 fully saturated rings. The first-order chi connectivity index (χ1) is 15.9. The third kappa shape index (κ3) is 5.81. The number of hydrogen-bond donors (Lipinski definition) is 2. The molecule has 3 aromatic rings. The van der Waals surface area contributed by atoms with Crippen molar-refractivity contribution in [2.75, 3.05) is 12.0 Å². The molecule has 0 aliphatic carbocycles. The molecule has 0 spiro atoms. The van der Waals surface area contributed by atoms with Crippen LogP contribution in [0.4, 0.5) is 15.5 Å². The molecule has 2 aromatic carbocycles. The Hall–Kier alpha value is -2.82. The van der Waals surface area contributed by atoms with Crippen LogP contribution in [0.15, 0.2) is 67.5 Å². The van der Waals surface area contributed by atoms with Crippen molar-refractivity contribution in [3.63, 3.8) is 0 Å². The molecule has 7 nitrogen and oxygen atoms in total. The maximum atomic E-state index is 13.7. The first-order valence-corrected chi connectivity index (χ1v) is 13.9. The molecular formula is C24H27N3O4S3. The van der Waals surface area contributed by atoms with Crippen LogP contribution in [0, 0.1) is 6.92 Å². The van der Waals surface area contributed by atoms with Crippen molar-refractivity contribution in [2.45, 2.75) is 47.3 Å². The molecule has 180 valence electrons. The van der Waals surface area contributed by atoms with Crippen LogP contribution in [0.1, 0.15) is 26.3 Å². The molecule has 1 aromatic heterocycles. The van der Waals surface area contributed by atoms with Crippen molar-refractivity contribution in [1.29, 1.82) is 0 Å². The summed E-state index contributed by atoms with van der Waals surface area (Å²) >= 11 is 2.56. The molecule has 1 amide bonds. The Bertz CT molecular complexity index is 1340. The minimum atomic E-state index is -3.84. The smallest absolute Gasteiger partial charge is 0.412 e. The highest BCUT2D eigenvalue weighted by Gasteiger charge is 2.27. The number of thioether (sulfide) groups is 1. The number of carbonyl (C=O) groups excluding carboxylic acids is 1. The molecule has 0 unspecified atom stereocenters. The second-order valence-corrected chi connectivity index (χ2v) is 12.4. The SMILES string of the molecule is CSc1sc(N=CNC(=O)OC(C)(C)C)cc1S(=O)(=O)c1cccc(-c2ccccc2N)c1C. The average Bonchev–Trinajstić information content (AvgIpc) is 3.17. The molecule has 0 saturated heterocycles. The quantitative estimate of drug-likeness (QED) is 0.178. The first kappa shape index (κ1) is 25.8. The lowest BCUT2D eigenvalue weighted by Crippen LogP contribution is -2.31. The molecule has 34 heavy (non-hydrogen) atoms. The van der Waals surface area contributed by atoms with E-state index >= 15 is 0 Å². The third-order valence-electron chi connectivity index (χ3n) is 4.73. The molecule has 1 heterocycles. The molecule has 10 heteroatoms. The van der Waals surface area contributed by atoms with Crippen molar-refractivity contribution in [1.82, 2.24) is 5.32 Å². The molecule has 3 rings (SSSR count). The number of nitrogen functional groups attached to an aromatic ring is 1. The highest BCUT2D eigenvalue weighted by molar-refractivity contribution is 8.01. The van der Waals surface area contributed by atoms with Crippen LogP contribution < -0.4 is 11.1 Å². The summed E-state index contributed by atoms with van der Waals surface area (Å²) in [5.74, 6) is 0. The van der Waals surface area contributed by atoms with E-state index in [-0.39, 0.29) is 9.79 Å². The Morgan fingerprint density at radius 1 is 1.12 bits per heavy atom. The van der Waals surface area contributed by atoms with Crippen molar-refractivity contribution in [3.8, 4) is 11.1 Å². The third-order valence-corrected chi connectivity index (χ3v) is 9.08. The van der Waals surface area contributed by atoms with Gasteiger partial charge in [-0.25, -0.2) is 18.2 Å². The number of carbonyl (C=O) groups is 1. The van der Waals surface area contributed by atoms with Crippen molar-refractivity contribution < 1.29 is 17.9 Å². The van der Waals surface area contributed by atoms with Gasteiger partial charge < -0.3 is 10.5 Å². The van der Waals surface area contributed by atoms with Crippen LogP contribution in [0.5, 0.6) is 0 Å². The number of aliphatic imine (C=N–C) groups is 1. The number of para-hydroxylation sites is 1. The van der Waals surface area contributed by atoms with Gasteiger partial charge in [-0.3, -0.25) is 5.32 Å². The van der Waals surface area contributed by atoms with Crippen molar-refractivity contribution in [2.24, 2.45) is 4.99 Å². The van der Waals surface area contributed by atoms with Crippen LogP contribution >= 0.6 is 23.1 Å². The highest BCUT2D eigenvalue weighted by Crippen LogP contribution is 2.42. The predicted molar refractivity (Wildman–Crippen MR) is 140 cm³/mol. The van der Waals surface area contributed by atoms with E-state index in [0.29, 0.717) is 20.5 Å². The zero-order valence-electron chi connectivity index (χ0n) is 19.6. The van der Waals surface area contributed by atoms with Gasteiger partial charge in [0.25, 0.3) is 0 Å². The molecule has 0 saturated carbocycles. The largest absolute Gasteiger partial charge is 0.444 e. The fourth-order valence-corrected chi connectivity index (χ4v) is 7.34. The summed E-state index contributed by atoms with van der Waals surface area (Å²) in [6.45, 7) is 7.06. The number of hydrogen-bond acceptors (Lipinski definition) is 8. The lowest BCUT2D eigenvalue weighted by atomic mass is 9.99. The van der Waals surface area contributed by atoms with E-state index in [4.69, 9.17) is 10.5 Å². The fraction of sp³-hybridized carbons (Fsp3) is 0.250. The number of sulfone groups is 1. The first-order valence-electron chi connectivity index (χ1n) is 10.3. The lowest BCUT2D eigenvalue weighted by Gasteiger charge is -2.18. The summed E-state index contributed by atoms with van der Waals surface area (Å²) in [7, 11) is -3.84. The van der Waals surface area contributed by atoms with Gasteiger partial charge in [-0.1, -0.05) is 30.3 Å². The number of nitrogens with zero attached hydrogens (tertiary/aromatic N) is 1. The number of benzene rings is 2. The van der Waals surface area contributed by atoms with Crippen LogP contribution in [0.25, 0.3) is 11.1 Å². The maximum absolute atomic E-state index is 13.7. The fourth-order valence-electron chi connectivity index (χ4n) is 3.25. The number of anilines is 1. The average molecular weight is 518 g/mol. The van der Waals surface area contributed by atoms with Crippen molar-refractivity contribution in [3.05, 3.63) is 54.1 Å². The number of thiophene rings is 1. The van der Waals surface area contributed by atoms with Crippen LogP contribution in [0.2, 0.25) is 0 Å². The van der Waals surface area contributed by atoms with Gasteiger partial charge in [0.15, 0.2) is 0 Å². The lowest BCUT2D eigenvalue weighted by molar-refractivity contribution is 0.0565. The van der Waals surface area contributed by atoms with Gasteiger partial charge in [-0.2, -0.15) is 0 Å². The Kier molecular flexibility index (Phi) is 7.74. The Labute approximate surface area is 208 Å². The van der Waals surface area contributed by atoms with Crippen LogP contribution in [-0.4, -0.2) is 32.7 Å². The van der Waals surface area contributed by atoms with Gasteiger partial charge in [0.05, 0.1) is 20.3 Å². The number of alkyl carbamates (subject to hydrolysis) is 1. The second kappa shape index (κ2) is 10.2. The summed E-state index contributed by atoms with van der Waals surface area (Å²) in [5.41, 5.74) is 8.25. The van der Waals surface area contributed by atoms with Gasteiger partial charge in [0.2, 0.25) is 9.84 Å².